The summed E-state index contributed by atoms with van der Waals surface area (Å²) in [6.45, 7) is 3.93. The van der Waals surface area contributed by atoms with Crippen LogP contribution in [0.25, 0.3) is 0 Å². The Morgan fingerprint density at radius 2 is 1.50 bits per heavy atom. The van der Waals surface area contributed by atoms with Gasteiger partial charge in [-0.2, -0.15) is 0 Å². The Morgan fingerprint density at radius 1 is 0.833 bits per heavy atom. The lowest BCUT2D eigenvalue weighted by Crippen LogP contribution is -2.02. The summed E-state index contributed by atoms with van der Waals surface area (Å²) in [6, 6.07) is 17.8. The van der Waals surface area contributed by atoms with Gasteiger partial charge >= 0.3 is 0 Å². The summed E-state index contributed by atoms with van der Waals surface area (Å²) in [5.74, 6) is 2.90. The third-order valence-electron chi connectivity index (χ3n) is 3.53. The molecule has 0 amide bonds. The van der Waals surface area contributed by atoms with E-state index in [4.69, 9.17) is 4.74 Å². The second-order valence-corrected chi connectivity index (χ2v) is 5.50. The summed E-state index contributed by atoms with van der Waals surface area (Å²) in [4.78, 5) is 8.88. The molecule has 0 fully saturated rings. The van der Waals surface area contributed by atoms with Crippen LogP contribution < -0.4 is 15.4 Å². The maximum absolute atomic E-state index is 5.36. The highest BCUT2D eigenvalue weighted by Gasteiger charge is 2.06. The first-order chi connectivity index (χ1) is 11.6. The Morgan fingerprint density at radius 3 is 2.21 bits per heavy atom. The number of hydrogen-bond acceptors (Lipinski definition) is 5. The molecule has 0 bridgehead atoms. The smallest absolute Gasteiger partial charge is 0.142 e. The Hall–Kier alpha value is -3.08. The minimum Gasteiger partial charge on any atom is -0.495 e. The van der Waals surface area contributed by atoms with Gasteiger partial charge in [0.2, 0.25) is 0 Å². The predicted molar refractivity (Wildman–Crippen MR) is 97.5 cm³/mol. The molecule has 0 radical (unpaired) electrons. The predicted octanol–water partition coefficient (Wildman–Crippen LogP) is 4.59. The van der Waals surface area contributed by atoms with Crippen LogP contribution in [-0.2, 0) is 0 Å². The van der Waals surface area contributed by atoms with Crippen molar-refractivity contribution in [1.29, 1.82) is 0 Å². The number of methoxy groups -OCH3 is 1. The summed E-state index contributed by atoms with van der Waals surface area (Å²) in [5.41, 5.74) is 3.07. The average Bonchev–Trinajstić information content (AvgIpc) is 2.57. The molecule has 0 aliphatic rings. The van der Waals surface area contributed by atoms with Crippen LogP contribution in [0.3, 0.4) is 0 Å². The van der Waals surface area contributed by atoms with Crippen LogP contribution in [0.2, 0.25) is 0 Å². The van der Waals surface area contributed by atoms with Crippen molar-refractivity contribution in [2.75, 3.05) is 17.7 Å². The minimum atomic E-state index is 0.685. The van der Waals surface area contributed by atoms with Crippen LogP contribution in [0.1, 0.15) is 11.4 Å². The topological polar surface area (TPSA) is 59.1 Å². The zero-order valence-electron chi connectivity index (χ0n) is 14.0. The Labute approximate surface area is 141 Å². The fourth-order valence-corrected chi connectivity index (χ4v) is 2.37. The maximum Gasteiger partial charge on any atom is 0.142 e. The van der Waals surface area contributed by atoms with Gasteiger partial charge in [-0.3, -0.25) is 0 Å². The molecule has 0 saturated carbocycles. The van der Waals surface area contributed by atoms with Gasteiger partial charge in [-0.15, -0.1) is 0 Å². The molecular formula is C19H20N4O. The van der Waals surface area contributed by atoms with E-state index in [1.807, 2.05) is 49.4 Å². The van der Waals surface area contributed by atoms with Gasteiger partial charge in [0.15, 0.2) is 0 Å². The molecule has 24 heavy (non-hydrogen) atoms. The van der Waals surface area contributed by atoms with E-state index in [1.165, 1.54) is 5.56 Å². The molecule has 0 atom stereocenters. The number of nitrogens with zero attached hydrogens (tertiary/aromatic N) is 2. The number of aromatic nitrogens is 2. The monoisotopic (exact) mass is 320 g/mol. The van der Waals surface area contributed by atoms with Gasteiger partial charge in [-0.1, -0.05) is 29.8 Å². The first-order valence-corrected chi connectivity index (χ1v) is 7.73. The molecule has 122 valence electrons. The van der Waals surface area contributed by atoms with Gasteiger partial charge in [-0.25, -0.2) is 9.97 Å². The molecule has 2 N–H and O–H groups in total. The van der Waals surface area contributed by atoms with Gasteiger partial charge < -0.3 is 15.4 Å². The molecule has 5 heteroatoms. The number of hydrogen-bond donors (Lipinski definition) is 2. The second-order valence-electron chi connectivity index (χ2n) is 5.50. The van der Waals surface area contributed by atoms with E-state index in [-0.39, 0.29) is 0 Å². The molecule has 5 nitrogen and oxygen atoms in total. The molecule has 0 saturated heterocycles. The number of rotatable bonds is 5. The quantitative estimate of drug-likeness (QED) is 0.720. The Bertz CT molecular complexity index is 831. The number of para-hydroxylation sites is 2. The minimum absolute atomic E-state index is 0.685. The van der Waals surface area contributed by atoms with Gasteiger partial charge in [0.25, 0.3) is 0 Å². The van der Waals surface area contributed by atoms with Crippen LogP contribution >= 0.6 is 0 Å². The lowest BCUT2D eigenvalue weighted by Gasteiger charge is -2.12. The molecule has 1 heterocycles. The molecule has 0 spiro atoms. The van der Waals surface area contributed by atoms with E-state index in [1.54, 1.807) is 7.11 Å². The fraction of sp³-hybridized carbons (Fsp3) is 0.158. The summed E-state index contributed by atoms with van der Waals surface area (Å²) in [5, 5.41) is 6.59. The number of anilines is 4. The van der Waals surface area contributed by atoms with Crippen LogP contribution in [0.5, 0.6) is 5.75 Å². The van der Waals surface area contributed by atoms with Crippen LogP contribution in [0.4, 0.5) is 23.0 Å². The van der Waals surface area contributed by atoms with Crippen molar-refractivity contribution in [3.63, 3.8) is 0 Å². The van der Waals surface area contributed by atoms with Gasteiger partial charge in [0.1, 0.15) is 23.2 Å². The van der Waals surface area contributed by atoms with E-state index in [2.05, 4.69) is 39.7 Å². The van der Waals surface area contributed by atoms with Crippen molar-refractivity contribution < 1.29 is 4.74 Å². The van der Waals surface area contributed by atoms with Crippen LogP contribution in [0, 0.1) is 13.8 Å². The van der Waals surface area contributed by atoms with E-state index in [0.29, 0.717) is 11.6 Å². The number of ether oxygens (including phenoxy) is 1. The summed E-state index contributed by atoms with van der Waals surface area (Å²) in [7, 11) is 1.65. The maximum atomic E-state index is 5.36. The van der Waals surface area contributed by atoms with Crippen molar-refractivity contribution in [2.45, 2.75) is 13.8 Å². The fourth-order valence-electron chi connectivity index (χ4n) is 2.37. The first kappa shape index (κ1) is 15.8. The highest BCUT2D eigenvalue weighted by molar-refractivity contribution is 5.67. The summed E-state index contributed by atoms with van der Waals surface area (Å²) < 4.78 is 5.36. The molecule has 0 aliphatic carbocycles. The molecule has 0 unspecified atom stereocenters. The normalized spacial score (nSPS) is 10.3. The summed E-state index contributed by atoms with van der Waals surface area (Å²) in [6.07, 6.45) is 0. The Balaban J connectivity index is 1.84. The average molecular weight is 320 g/mol. The lowest BCUT2D eigenvalue weighted by atomic mass is 10.2. The lowest BCUT2D eigenvalue weighted by molar-refractivity contribution is 0.417. The van der Waals surface area contributed by atoms with E-state index in [0.717, 1.165) is 22.9 Å². The Kier molecular flexibility index (Phi) is 4.61. The van der Waals surface area contributed by atoms with Crippen molar-refractivity contribution in [3.05, 3.63) is 66.0 Å². The number of benzene rings is 2. The zero-order valence-corrected chi connectivity index (χ0v) is 14.0. The van der Waals surface area contributed by atoms with E-state index in [9.17, 15) is 0 Å². The van der Waals surface area contributed by atoms with Gasteiger partial charge in [-0.05, 0) is 38.1 Å². The largest absolute Gasteiger partial charge is 0.495 e. The number of aryl methyl sites for hydroxylation is 2. The SMILES string of the molecule is COc1ccccc1Nc1cc(Nc2ccc(C)cc2)nc(C)n1. The highest BCUT2D eigenvalue weighted by Crippen LogP contribution is 2.27. The number of nitrogens with one attached hydrogen (secondary N) is 2. The van der Waals surface area contributed by atoms with Crippen LogP contribution in [-0.4, -0.2) is 17.1 Å². The molecule has 3 aromatic rings. The first-order valence-electron chi connectivity index (χ1n) is 7.73. The third kappa shape index (κ3) is 3.81. The third-order valence-corrected chi connectivity index (χ3v) is 3.53. The van der Waals surface area contributed by atoms with Crippen LogP contribution in [0.15, 0.2) is 54.6 Å². The molecule has 3 rings (SSSR count). The standard InChI is InChI=1S/C19H20N4O/c1-13-8-10-15(11-9-13)22-18-12-19(21-14(2)20-18)23-16-6-4-5-7-17(16)24-3/h4-12H,1-3H3,(H2,20,21,22,23). The second kappa shape index (κ2) is 7.00. The molecular weight excluding hydrogens is 300 g/mol. The zero-order chi connectivity index (χ0) is 16.9. The van der Waals surface area contributed by atoms with Crippen molar-refractivity contribution in [2.24, 2.45) is 0 Å². The van der Waals surface area contributed by atoms with E-state index >= 15 is 0 Å². The van der Waals surface area contributed by atoms with Crippen molar-refractivity contribution >= 4 is 23.0 Å². The van der Waals surface area contributed by atoms with Crippen molar-refractivity contribution in [1.82, 2.24) is 9.97 Å². The van der Waals surface area contributed by atoms with Crippen molar-refractivity contribution in [3.8, 4) is 5.75 Å². The summed E-state index contributed by atoms with van der Waals surface area (Å²) >= 11 is 0. The molecule has 0 aliphatic heterocycles. The molecule has 1 aromatic heterocycles. The molecule has 2 aromatic carbocycles. The van der Waals surface area contributed by atoms with Gasteiger partial charge in [0, 0.05) is 11.8 Å². The van der Waals surface area contributed by atoms with Gasteiger partial charge in [0.05, 0.1) is 12.8 Å². The highest BCUT2D eigenvalue weighted by atomic mass is 16.5. The van der Waals surface area contributed by atoms with E-state index < -0.39 is 0 Å².